The summed E-state index contributed by atoms with van der Waals surface area (Å²) in [5, 5.41) is 0. The molecule has 0 spiro atoms. The fraction of sp³-hybridized carbons (Fsp3) is 0.0400. The summed E-state index contributed by atoms with van der Waals surface area (Å²) in [5.74, 6) is 0. The van der Waals surface area contributed by atoms with Crippen LogP contribution >= 0.6 is 0 Å². The second-order valence-corrected chi connectivity index (χ2v) is 6.14. The van der Waals surface area contributed by atoms with E-state index >= 15 is 0 Å². The first kappa shape index (κ1) is 15.4. The molecular formula is C25H19. The van der Waals surface area contributed by atoms with Crippen LogP contribution in [0.4, 0.5) is 0 Å². The Hall–Kier alpha value is -3.12. The molecule has 0 saturated carbocycles. The SMILES string of the molecule is [c]1ccc(-c2ccccc2)c(-c2ccccc2)c1Cc1ccccc1. The number of benzene rings is 4. The molecule has 0 heterocycles. The first-order valence-corrected chi connectivity index (χ1v) is 8.60. The topological polar surface area (TPSA) is 0 Å². The summed E-state index contributed by atoms with van der Waals surface area (Å²) < 4.78 is 0. The zero-order chi connectivity index (χ0) is 16.9. The van der Waals surface area contributed by atoms with Crippen LogP contribution in [0, 0.1) is 6.07 Å². The van der Waals surface area contributed by atoms with Crippen molar-refractivity contribution < 1.29 is 0 Å². The van der Waals surface area contributed by atoms with Gasteiger partial charge in [-0.25, -0.2) is 0 Å². The molecule has 1 radical (unpaired) electrons. The Balaban J connectivity index is 1.89. The van der Waals surface area contributed by atoms with Gasteiger partial charge in [-0.3, -0.25) is 0 Å². The van der Waals surface area contributed by atoms with E-state index in [0.29, 0.717) is 0 Å². The van der Waals surface area contributed by atoms with Crippen LogP contribution in [0.1, 0.15) is 11.1 Å². The van der Waals surface area contributed by atoms with Gasteiger partial charge in [0, 0.05) is 0 Å². The van der Waals surface area contributed by atoms with Gasteiger partial charge in [0.1, 0.15) is 0 Å². The molecule has 0 aliphatic carbocycles. The van der Waals surface area contributed by atoms with E-state index in [1.807, 2.05) is 6.07 Å². The van der Waals surface area contributed by atoms with Gasteiger partial charge >= 0.3 is 0 Å². The maximum atomic E-state index is 3.49. The highest BCUT2D eigenvalue weighted by atomic mass is 14.2. The summed E-state index contributed by atoms with van der Waals surface area (Å²) in [6.07, 6.45) is 0.881. The lowest BCUT2D eigenvalue weighted by atomic mass is 9.88. The fourth-order valence-electron chi connectivity index (χ4n) is 3.28. The lowest BCUT2D eigenvalue weighted by molar-refractivity contribution is 1.19. The predicted molar refractivity (Wildman–Crippen MR) is 105 cm³/mol. The largest absolute Gasteiger partial charge is 0.0622 e. The fourth-order valence-corrected chi connectivity index (χ4v) is 3.28. The van der Waals surface area contributed by atoms with Crippen molar-refractivity contribution in [3.8, 4) is 22.3 Å². The van der Waals surface area contributed by atoms with Crippen molar-refractivity contribution in [1.82, 2.24) is 0 Å². The molecule has 119 valence electrons. The van der Waals surface area contributed by atoms with Crippen molar-refractivity contribution in [2.45, 2.75) is 6.42 Å². The normalized spacial score (nSPS) is 10.6. The van der Waals surface area contributed by atoms with E-state index in [1.54, 1.807) is 0 Å². The van der Waals surface area contributed by atoms with Gasteiger partial charge in [0.2, 0.25) is 0 Å². The van der Waals surface area contributed by atoms with Crippen LogP contribution in [-0.4, -0.2) is 0 Å². The van der Waals surface area contributed by atoms with Gasteiger partial charge in [0.15, 0.2) is 0 Å². The van der Waals surface area contributed by atoms with E-state index in [0.717, 1.165) is 6.42 Å². The lowest BCUT2D eigenvalue weighted by Gasteiger charge is -2.16. The Morgan fingerprint density at radius 3 is 1.76 bits per heavy atom. The van der Waals surface area contributed by atoms with E-state index in [9.17, 15) is 0 Å². The Bertz CT molecular complexity index is 939. The summed E-state index contributed by atoms with van der Waals surface area (Å²) >= 11 is 0. The third-order valence-corrected chi connectivity index (χ3v) is 4.45. The standard InChI is InChI=1S/C25H19/c1-4-11-20(12-5-1)19-23-17-10-18-24(21-13-6-2-7-14-21)25(23)22-15-8-3-9-16-22/h1-16,18H,19H2. The average molecular weight is 319 g/mol. The summed E-state index contributed by atoms with van der Waals surface area (Å²) in [4.78, 5) is 0. The minimum atomic E-state index is 0.881. The summed E-state index contributed by atoms with van der Waals surface area (Å²) in [6, 6.07) is 39.6. The molecule has 4 aromatic carbocycles. The molecule has 0 atom stereocenters. The smallest absolute Gasteiger partial charge is 0.00132 e. The van der Waals surface area contributed by atoms with Gasteiger partial charge < -0.3 is 0 Å². The molecule has 0 unspecified atom stereocenters. The first-order valence-electron chi connectivity index (χ1n) is 8.60. The minimum Gasteiger partial charge on any atom is -0.0622 e. The van der Waals surface area contributed by atoms with Gasteiger partial charge in [0.05, 0.1) is 0 Å². The maximum absolute atomic E-state index is 3.49. The highest BCUT2D eigenvalue weighted by Gasteiger charge is 2.12. The predicted octanol–water partition coefficient (Wildman–Crippen LogP) is 6.41. The van der Waals surface area contributed by atoms with E-state index < -0.39 is 0 Å². The highest BCUT2D eigenvalue weighted by Crippen LogP contribution is 2.35. The van der Waals surface area contributed by atoms with Gasteiger partial charge in [-0.2, -0.15) is 0 Å². The van der Waals surface area contributed by atoms with Crippen LogP contribution in [0.15, 0.2) is 103 Å². The molecule has 0 aromatic heterocycles. The third kappa shape index (κ3) is 3.39. The van der Waals surface area contributed by atoms with Gasteiger partial charge in [-0.05, 0) is 45.9 Å². The molecule has 0 N–H and O–H groups in total. The van der Waals surface area contributed by atoms with Crippen LogP contribution in [0.5, 0.6) is 0 Å². The molecular weight excluding hydrogens is 300 g/mol. The molecule has 25 heavy (non-hydrogen) atoms. The minimum absolute atomic E-state index is 0.881. The Morgan fingerprint density at radius 1 is 0.560 bits per heavy atom. The number of hydrogen-bond acceptors (Lipinski definition) is 0. The second-order valence-electron chi connectivity index (χ2n) is 6.14. The van der Waals surface area contributed by atoms with E-state index in [2.05, 4.69) is 103 Å². The van der Waals surface area contributed by atoms with Gasteiger partial charge in [-0.15, -0.1) is 0 Å². The first-order chi connectivity index (χ1) is 12.4. The van der Waals surface area contributed by atoms with Crippen LogP contribution in [-0.2, 0) is 6.42 Å². The summed E-state index contributed by atoms with van der Waals surface area (Å²) in [7, 11) is 0. The quantitative estimate of drug-likeness (QED) is 0.407. The number of rotatable bonds is 4. The molecule has 4 aromatic rings. The van der Waals surface area contributed by atoms with Gasteiger partial charge in [0.25, 0.3) is 0 Å². The molecule has 0 saturated heterocycles. The van der Waals surface area contributed by atoms with Crippen molar-refractivity contribution in [2.75, 3.05) is 0 Å². The van der Waals surface area contributed by atoms with E-state index in [4.69, 9.17) is 0 Å². The monoisotopic (exact) mass is 319 g/mol. The zero-order valence-corrected chi connectivity index (χ0v) is 14.0. The van der Waals surface area contributed by atoms with Gasteiger partial charge in [-0.1, -0.05) is 103 Å². The number of hydrogen-bond donors (Lipinski definition) is 0. The lowest BCUT2D eigenvalue weighted by Crippen LogP contribution is -1.95. The Labute approximate surface area is 149 Å². The molecule has 0 fully saturated rings. The maximum Gasteiger partial charge on any atom is -0.00132 e. The average Bonchev–Trinajstić information content (AvgIpc) is 2.70. The molecule has 0 bridgehead atoms. The van der Waals surface area contributed by atoms with Crippen molar-refractivity contribution in [3.63, 3.8) is 0 Å². The third-order valence-electron chi connectivity index (χ3n) is 4.45. The van der Waals surface area contributed by atoms with Crippen LogP contribution in [0.3, 0.4) is 0 Å². The summed E-state index contributed by atoms with van der Waals surface area (Å²) in [5.41, 5.74) is 7.56. The zero-order valence-electron chi connectivity index (χ0n) is 14.0. The van der Waals surface area contributed by atoms with E-state index in [1.165, 1.54) is 33.4 Å². The van der Waals surface area contributed by atoms with Crippen LogP contribution in [0.2, 0.25) is 0 Å². The second kappa shape index (κ2) is 7.19. The molecule has 0 heteroatoms. The van der Waals surface area contributed by atoms with Crippen molar-refractivity contribution >= 4 is 0 Å². The molecule has 0 aliphatic heterocycles. The van der Waals surface area contributed by atoms with E-state index in [-0.39, 0.29) is 0 Å². The van der Waals surface area contributed by atoms with Crippen molar-refractivity contribution in [2.24, 2.45) is 0 Å². The molecule has 0 aliphatic rings. The van der Waals surface area contributed by atoms with Crippen molar-refractivity contribution in [1.29, 1.82) is 0 Å². The Morgan fingerprint density at radius 2 is 1.12 bits per heavy atom. The van der Waals surface area contributed by atoms with Crippen molar-refractivity contribution in [3.05, 3.63) is 120 Å². The molecule has 4 rings (SSSR count). The highest BCUT2D eigenvalue weighted by molar-refractivity contribution is 5.85. The van der Waals surface area contributed by atoms with Crippen LogP contribution in [0.25, 0.3) is 22.3 Å². The van der Waals surface area contributed by atoms with Crippen LogP contribution < -0.4 is 0 Å². The molecule has 0 nitrogen and oxygen atoms in total. The molecule has 0 amide bonds. The Kier molecular flexibility index (Phi) is 4.43. The summed E-state index contributed by atoms with van der Waals surface area (Å²) in [6.45, 7) is 0.